The summed E-state index contributed by atoms with van der Waals surface area (Å²) in [5.74, 6) is 0.274. The molecule has 0 saturated carbocycles. The summed E-state index contributed by atoms with van der Waals surface area (Å²) in [6, 6.07) is 2.70. The second kappa shape index (κ2) is 4.22. The maximum atomic E-state index is 13.1. The average molecular weight is 236 g/mol. The molecule has 1 aromatic rings. The number of halogens is 1. The zero-order chi connectivity index (χ0) is 11.8. The van der Waals surface area contributed by atoms with Crippen molar-refractivity contribution in [3.05, 3.63) is 18.3 Å². The van der Waals surface area contributed by atoms with Gasteiger partial charge in [0.2, 0.25) is 5.95 Å². The van der Waals surface area contributed by atoms with E-state index in [0.717, 1.165) is 25.3 Å². The van der Waals surface area contributed by atoms with Gasteiger partial charge >= 0.3 is 0 Å². The Morgan fingerprint density at radius 3 is 2.88 bits per heavy atom. The number of hydrogen-bond donors (Lipinski definition) is 0. The quantitative estimate of drug-likeness (QED) is 0.688. The van der Waals surface area contributed by atoms with E-state index in [0.29, 0.717) is 12.1 Å². The van der Waals surface area contributed by atoms with E-state index in [1.807, 2.05) is 0 Å². The Labute approximate surface area is 100 Å². The topological polar surface area (TPSA) is 32.3 Å². The number of likely N-dealkylation sites (N-methyl/N-ethyl adjacent to an activating group) is 1. The lowest BCUT2D eigenvalue weighted by Crippen LogP contribution is -2.37. The third kappa shape index (κ3) is 1.99. The van der Waals surface area contributed by atoms with Crippen LogP contribution < -0.4 is 4.90 Å². The van der Waals surface area contributed by atoms with E-state index in [4.69, 9.17) is 0 Å². The summed E-state index contributed by atoms with van der Waals surface area (Å²) >= 11 is 0. The van der Waals surface area contributed by atoms with Gasteiger partial charge in [-0.05, 0) is 26.3 Å². The smallest absolute Gasteiger partial charge is 0.218 e. The zero-order valence-electron chi connectivity index (χ0n) is 10.0. The van der Waals surface area contributed by atoms with Gasteiger partial charge in [0.05, 0.1) is 0 Å². The largest absolute Gasteiger partial charge is 0.355 e. The molecule has 0 aromatic carbocycles. The first kappa shape index (κ1) is 10.9. The molecule has 1 aromatic heterocycles. The fourth-order valence-electron chi connectivity index (χ4n) is 3.01. The molecule has 2 bridgehead atoms. The summed E-state index contributed by atoms with van der Waals surface area (Å²) in [6.07, 6.45) is 4.98. The van der Waals surface area contributed by atoms with Crippen LogP contribution in [0.5, 0.6) is 0 Å². The first-order valence-electron chi connectivity index (χ1n) is 6.18. The van der Waals surface area contributed by atoms with Crippen molar-refractivity contribution >= 4 is 5.82 Å². The van der Waals surface area contributed by atoms with Gasteiger partial charge in [-0.25, -0.2) is 9.97 Å². The highest BCUT2D eigenvalue weighted by Crippen LogP contribution is 2.29. The molecule has 4 nitrogen and oxygen atoms in total. The highest BCUT2D eigenvalue weighted by molar-refractivity contribution is 5.37. The number of aromatic nitrogens is 2. The molecule has 2 fully saturated rings. The molecule has 0 aliphatic carbocycles. The van der Waals surface area contributed by atoms with Gasteiger partial charge in [-0.2, -0.15) is 4.39 Å². The first-order valence-corrected chi connectivity index (χ1v) is 6.18. The van der Waals surface area contributed by atoms with Crippen LogP contribution in [-0.2, 0) is 0 Å². The van der Waals surface area contributed by atoms with Gasteiger partial charge in [-0.1, -0.05) is 0 Å². The standard InChI is InChI=1S/C12H17FN4/c1-16-9-2-3-10(16)7-17(5-4-9)12-6-11(13)14-8-15-12/h6,8-10H,2-5,7H2,1H3. The van der Waals surface area contributed by atoms with Crippen molar-refractivity contribution < 1.29 is 4.39 Å². The summed E-state index contributed by atoms with van der Waals surface area (Å²) in [4.78, 5) is 12.3. The van der Waals surface area contributed by atoms with Crippen molar-refractivity contribution in [3.8, 4) is 0 Å². The number of hydrogen-bond acceptors (Lipinski definition) is 4. The summed E-state index contributed by atoms with van der Waals surface area (Å²) in [5.41, 5.74) is 0. The minimum absolute atomic E-state index is 0.447. The van der Waals surface area contributed by atoms with Crippen molar-refractivity contribution in [2.75, 3.05) is 25.0 Å². The minimum atomic E-state index is -0.447. The molecule has 17 heavy (non-hydrogen) atoms. The molecule has 2 unspecified atom stereocenters. The monoisotopic (exact) mass is 236 g/mol. The summed E-state index contributed by atoms with van der Waals surface area (Å²) in [5, 5.41) is 0. The van der Waals surface area contributed by atoms with Crippen LogP contribution in [-0.4, -0.2) is 47.1 Å². The van der Waals surface area contributed by atoms with Gasteiger partial charge in [-0.15, -0.1) is 0 Å². The van der Waals surface area contributed by atoms with Crippen molar-refractivity contribution in [2.24, 2.45) is 0 Å². The average Bonchev–Trinajstić information content (AvgIpc) is 2.53. The van der Waals surface area contributed by atoms with E-state index < -0.39 is 5.95 Å². The lowest BCUT2D eigenvalue weighted by atomic mass is 10.1. The molecule has 0 spiro atoms. The molecule has 3 heterocycles. The van der Waals surface area contributed by atoms with Crippen molar-refractivity contribution in [1.29, 1.82) is 0 Å². The maximum absolute atomic E-state index is 13.1. The minimum Gasteiger partial charge on any atom is -0.355 e. The SMILES string of the molecule is CN1C2CCC1CN(c1cc(F)ncn1)CC2. The second-order valence-corrected chi connectivity index (χ2v) is 4.98. The van der Waals surface area contributed by atoms with Crippen LogP contribution in [0.25, 0.3) is 0 Å². The fraction of sp³-hybridized carbons (Fsp3) is 0.667. The molecular formula is C12H17FN4. The second-order valence-electron chi connectivity index (χ2n) is 4.98. The molecule has 2 saturated heterocycles. The van der Waals surface area contributed by atoms with Gasteiger partial charge < -0.3 is 4.90 Å². The van der Waals surface area contributed by atoms with Gasteiger partial charge in [0.1, 0.15) is 12.1 Å². The number of rotatable bonds is 1. The van der Waals surface area contributed by atoms with E-state index in [1.54, 1.807) is 0 Å². The molecule has 92 valence electrons. The number of fused-ring (bicyclic) bond motifs is 2. The van der Waals surface area contributed by atoms with E-state index in [2.05, 4.69) is 26.8 Å². The van der Waals surface area contributed by atoms with Crippen molar-refractivity contribution in [2.45, 2.75) is 31.3 Å². The molecule has 2 aliphatic rings. The van der Waals surface area contributed by atoms with Crippen molar-refractivity contribution in [3.63, 3.8) is 0 Å². The van der Waals surface area contributed by atoms with E-state index in [9.17, 15) is 4.39 Å². The summed E-state index contributed by atoms with van der Waals surface area (Å²) in [6.45, 7) is 1.91. The van der Waals surface area contributed by atoms with Crippen molar-refractivity contribution in [1.82, 2.24) is 14.9 Å². The lowest BCUT2D eigenvalue weighted by Gasteiger charge is -2.26. The van der Waals surface area contributed by atoms with Crippen LogP contribution in [0, 0.1) is 5.95 Å². The van der Waals surface area contributed by atoms with Crippen LogP contribution in [0.3, 0.4) is 0 Å². The van der Waals surface area contributed by atoms with Gasteiger partial charge in [-0.3, -0.25) is 4.90 Å². The predicted molar refractivity (Wildman–Crippen MR) is 63.4 cm³/mol. The fourth-order valence-corrected chi connectivity index (χ4v) is 3.01. The first-order chi connectivity index (χ1) is 8.24. The molecule has 2 aliphatic heterocycles. The highest BCUT2D eigenvalue weighted by Gasteiger charge is 2.34. The molecule has 0 radical (unpaired) electrons. The third-order valence-electron chi connectivity index (χ3n) is 4.09. The molecule has 3 rings (SSSR count). The van der Waals surface area contributed by atoms with Crippen LogP contribution in [0.2, 0.25) is 0 Å². The Morgan fingerprint density at radius 2 is 2.06 bits per heavy atom. The Hall–Kier alpha value is -1.23. The molecule has 0 N–H and O–H groups in total. The summed E-state index contributed by atoms with van der Waals surface area (Å²) in [7, 11) is 2.20. The summed E-state index contributed by atoms with van der Waals surface area (Å²) < 4.78 is 13.1. The maximum Gasteiger partial charge on any atom is 0.218 e. The Morgan fingerprint density at radius 1 is 1.24 bits per heavy atom. The van der Waals surface area contributed by atoms with Crippen LogP contribution in [0.4, 0.5) is 10.2 Å². The van der Waals surface area contributed by atoms with E-state index in [1.165, 1.54) is 25.2 Å². The Bertz CT molecular complexity index is 411. The highest BCUT2D eigenvalue weighted by atomic mass is 19.1. The number of anilines is 1. The van der Waals surface area contributed by atoms with Crippen LogP contribution >= 0.6 is 0 Å². The van der Waals surface area contributed by atoms with Gasteiger partial charge in [0.25, 0.3) is 0 Å². The van der Waals surface area contributed by atoms with Gasteiger partial charge in [0, 0.05) is 31.2 Å². The lowest BCUT2D eigenvalue weighted by molar-refractivity contribution is 0.254. The molecule has 5 heteroatoms. The Balaban J connectivity index is 1.81. The predicted octanol–water partition coefficient (Wildman–Crippen LogP) is 1.29. The molecular weight excluding hydrogens is 219 g/mol. The van der Waals surface area contributed by atoms with E-state index in [-0.39, 0.29) is 0 Å². The zero-order valence-corrected chi connectivity index (χ0v) is 10.0. The van der Waals surface area contributed by atoms with E-state index >= 15 is 0 Å². The Kier molecular flexibility index (Phi) is 2.70. The normalized spacial score (nSPS) is 29.4. The molecule has 0 amide bonds. The molecule has 2 atom stereocenters. The van der Waals surface area contributed by atoms with Crippen LogP contribution in [0.15, 0.2) is 12.4 Å². The van der Waals surface area contributed by atoms with Gasteiger partial charge in [0.15, 0.2) is 0 Å². The third-order valence-corrected chi connectivity index (χ3v) is 4.09. The number of nitrogens with zero attached hydrogens (tertiary/aromatic N) is 4. The van der Waals surface area contributed by atoms with Crippen LogP contribution in [0.1, 0.15) is 19.3 Å².